The van der Waals surface area contributed by atoms with Crippen LogP contribution in [0, 0.1) is 0 Å². The number of likely N-dealkylation sites (tertiary alicyclic amines) is 1. The number of rotatable bonds is 9. The minimum absolute atomic E-state index is 0.233. The molecule has 1 amide bonds. The first-order chi connectivity index (χ1) is 12.7. The van der Waals surface area contributed by atoms with Crippen molar-refractivity contribution in [2.75, 3.05) is 53.1 Å². The van der Waals surface area contributed by atoms with Gasteiger partial charge in [-0.15, -0.1) is 0 Å². The summed E-state index contributed by atoms with van der Waals surface area (Å²) in [6, 6.07) is 7.20. The summed E-state index contributed by atoms with van der Waals surface area (Å²) in [5.41, 5.74) is 0.491. The van der Waals surface area contributed by atoms with Crippen molar-refractivity contribution in [3.05, 3.63) is 29.8 Å². The van der Waals surface area contributed by atoms with E-state index in [0.717, 1.165) is 19.6 Å². The van der Waals surface area contributed by atoms with E-state index in [9.17, 15) is 4.79 Å². The number of hydrogen-bond acceptors (Lipinski definition) is 6. The molecule has 2 rings (SSSR count). The van der Waals surface area contributed by atoms with Crippen molar-refractivity contribution in [2.45, 2.75) is 19.8 Å². The molecule has 7 heteroatoms. The summed E-state index contributed by atoms with van der Waals surface area (Å²) in [6.07, 6.45) is 2.49. The molecule has 1 aliphatic heterocycles. The Morgan fingerprint density at radius 3 is 2.81 bits per heavy atom. The first kappa shape index (κ1) is 20.2. The van der Waals surface area contributed by atoms with Crippen LogP contribution in [0.4, 0.5) is 0 Å². The molecular weight excluding hydrogens is 334 g/mol. The largest absolute Gasteiger partial charge is 0.497 e. The smallest absolute Gasteiger partial charge is 0.291 e. The molecule has 0 saturated carbocycles. The number of methoxy groups -OCH3 is 1. The Kier molecular flexibility index (Phi) is 8.92. The van der Waals surface area contributed by atoms with Gasteiger partial charge < -0.3 is 19.1 Å². The van der Waals surface area contributed by atoms with Gasteiger partial charge in [0.25, 0.3) is 11.9 Å². The van der Waals surface area contributed by atoms with Crippen molar-refractivity contribution in [2.24, 2.45) is 4.99 Å². The van der Waals surface area contributed by atoms with Crippen LogP contribution in [-0.2, 0) is 9.47 Å². The Morgan fingerprint density at radius 1 is 1.27 bits per heavy atom. The summed E-state index contributed by atoms with van der Waals surface area (Å²) in [4.78, 5) is 19.3. The third-order valence-electron chi connectivity index (χ3n) is 4.09. The van der Waals surface area contributed by atoms with Gasteiger partial charge in [0.1, 0.15) is 12.4 Å². The second-order valence-corrected chi connectivity index (χ2v) is 5.97. The number of hydrogen-bond donors (Lipinski definition) is 1. The van der Waals surface area contributed by atoms with E-state index in [1.165, 1.54) is 12.8 Å². The van der Waals surface area contributed by atoms with E-state index in [4.69, 9.17) is 14.2 Å². The minimum atomic E-state index is -0.278. The molecule has 1 N–H and O–H groups in total. The molecule has 0 bridgehead atoms. The van der Waals surface area contributed by atoms with Crippen molar-refractivity contribution in [3.8, 4) is 5.75 Å². The van der Waals surface area contributed by atoms with Gasteiger partial charge in [0.2, 0.25) is 0 Å². The van der Waals surface area contributed by atoms with Gasteiger partial charge >= 0.3 is 0 Å². The van der Waals surface area contributed by atoms with E-state index in [1.54, 1.807) is 31.4 Å². The molecule has 0 radical (unpaired) electrons. The zero-order valence-corrected chi connectivity index (χ0v) is 15.7. The molecule has 144 valence electrons. The van der Waals surface area contributed by atoms with Gasteiger partial charge in [-0.25, -0.2) is 4.99 Å². The number of amides is 1. The van der Waals surface area contributed by atoms with E-state index in [1.807, 2.05) is 6.92 Å². The first-order valence-electron chi connectivity index (χ1n) is 9.15. The zero-order chi connectivity index (χ0) is 18.6. The number of carbonyl (C=O) groups is 1. The molecule has 0 aliphatic carbocycles. The van der Waals surface area contributed by atoms with Crippen molar-refractivity contribution >= 4 is 11.9 Å². The van der Waals surface area contributed by atoms with Crippen molar-refractivity contribution < 1.29 is 19.0 Å². The molecule has 1 heterocycles. The predicted molar refractivity (Wildman–Crippen MR) is 101 cm³/mol. The van der Waals surface area contributed by atoms with E-state index >= 15 is 0 Å². The molecule has 26 heavy (non-hydrogen) atoms. The van der Waals surface area contributed by atoms with Crippen LogP contribution in [0.2, 0.25) is 0 Å². The fraction of sp³-hybridized carbons (Fsp3) is 0.579. The first-order valence-corrected chi connectivity index (χ1v) is 9.15. The summed E-state index contributed by atoms with van der Waals surface area (Å²) < 4.78 is 16.0. The molecule has 0 spiro atoms. The van der Waals surface area contributed by atoms with Gasteiger partial charge in [-0.1, -0.05) is 6.07 Å². The summed E-state index contributed by atoms with van der Waals surface area (Å²) in [6.45, 7) is 7.04. The van der Waals surface area contributed by atoms with Crippen LogP contribution in [0.1, 0.15) is 30.1 Å². The number of aliphatic imine (C=N–C) groups is 1. The number of amidine groups is 1. The maximum absolute atomic E-state index is 12.5. The normalized spacial score (nSPS) is 15.1. The van der Waals surface area contributed by atoms with Gasteiger partial charge in [-0.2, -0.15) is 0 Å². The van der Waals surface area contributed by atoms with Crippen LogP contribution in [0.15, 0.2) is 29.3 Å². The van der Waals surface area contributed by atoms with Gasteiger partial charge in [0, 0.05) is 18.7 Å². The Bertz CT molecular complexity index is 586. The average Bonchev–Trinajstić information content (AvgIpc) is 3.18. The van der Waals surface area contributed by atoms with E-state index in [-0.39, 0.29) is 11.9 Å². The molecule has 1 aromatic rings. The summed E-state index contributed by atoms with van der Waals surface area (Å²) in [5.74, 6) is 0.350. The topological polar surface area (TPSA) is 72.4 Å². The molecule has 1 aromatic carbocycles. The van der Waals surface area contributed by atoms with Gasteiger partial charge in [0.05, 0.1) is 20.3 Å². The number of benzene rings is 1. The van der Waals surface area contributed by atoms with Crippen LogP contribution in [0.3, 0.4) is 0 Å². The highest BCUT2D eigenvalue weighted by Crippen LogP contribution is 2.12. The van der Waals surface area contributed by atoms with Gasteiger partial charge in [0.15, 0.2) is 0 Å². The quantitative estimate of drug-likeness (QED) is 0.412. The van der Waals surface area contributed by atoms with Crippen LogP contribution in [0.5, 0.6) is 5.75 Å². The van der Waals surface area contributed by atoms with Crippen LogP contribution in [-0.4, -0.2) is 69.9 Å². The third kappa shape index (κ3) is 7.01. The lowest BCUT2D eigenvalue weighted by molar-refractivity contribution is 0.0921. The van der Waals surface area contributed by atoms with Crippen LogP contribution >= 0.6 is 0 Å². The average molecular weight is 363 g/mol. The maximum atomic E-state index is 12.5. The fourth-order valence-corrected chi connectivity index (χ4v) is 2.70. The summed E-state index contributed by atoms with van der Waals surface area (Å²) in [7, 11) is 1.57. The Morgan fingerprint density at radius 2 is 2.08 bits per heavy atom. The van der Waals surface area contributed by atoms with Crippen molar-refractivity contribution in [1.29, 1.82) is 0 Å². The Hall–Kier alpha value is -2.12. The lowest BCUT2D eigenvalue weighted by Crippen LogP contribution is -2.34. The fourth-order valence-electron chi connectivity index (χ4n) is 2.70. The molecule has 1 saturated heterocycles. The molecule has 0 aromatic heterocycles. The standard InChI is InChI=1S/C19H29N3O4/c1-3-25-13-14-26-19(20-9-12-22-10-4-5-11-22)21-18(23)16-7-6-8-17(15-16)24-2/h6-8,15H,3-5,9-14H2,1-2H3,(H,20,21,23). The second kappa shape index (κ2) is 11.5. The summed E-state index contributed by atoms with van der Waals surface area (Å²) in [5, 5.41) is 2.75. The highest BCUT2D eigenvalue weighted by Gasteiger charge is 2.13. The molecule has 0 unspecified atom stereocenters. The minimum Gasteiger partial charge on any atom is -0.497 e. The molecule has 1 aliphatic rings. The predicted octanol–water partition coefficient (Wildman–Crippen LogP) is 1.93. The second-order valence-electron chi connectivity index (χ2n) is 5.97. The van der Waals surface area contributed by atoms with Crippen molar-refractivity contribution in [3.63, 3.8) is 0 Å². The third-order valence-corrected chi connectivity index (χ3v) is 4.09. The number of ether oxygens (including phenoxy) is 3. The van der Waals surface area contributed by atoms with Crippen molar-refractivity contribution in [1.82, 2.24) is 10.2 Å². The van der Waals surface area contributed by atoms with E-state index < -0.39 is 0 Å². The number of nitrogens with one attached hydrogen (secondary N) is 1. The van der Waals surface area contributed by atoms with E-state index in [2.05, 4.69) is 15.2 Å². The molecule has 0 atom stereocenters. The Labute approximate surface area is 155 Å². The monoisotopic (exact) mass is 363 g/mol. The summed E-state index contributed by atoms with van der Waals surface area (Å²) >= 11 is 0. The van der Waals surface area contributed by atoms with Crippen LogP contribution < -0.4 is 10.1 Å². The van der Waals surface area contributed by atoms with Gasteiger partial charge in [-0.05, 0) is 51.1 Å². The van der Waals surface area contributed by atoms with E-state index in [0.29, 0.717) is 37.7 Å². The van der Waals surface area contributed by atoms with Gasteiger partial charge in [-0.3, -0.25) is 10.1 Å². The molecular formula is C19H29N3O4. The van der Waals surface area contributed by atoms with Crippen LogP contribution in [0.25, 0.3) is 0 Å². The highest BCUT2D eigenvalue weighted by molar-refractivity contribution is 6.04. The number of carbonyl (C=O) groups excluding carboxylic acids is 1. The molecule has 1 fully saturated rings. The highest BCUT2D eigenvalue weighted by atomic mass is 16.5. The number of nitrogens with zero attached hydrogens (tertiary/aromatic N) is 2. The maximum Gasteiger partial charge on any atom is 0.291 e. The molecule has 7 nitrogen and oxygen atoms in total. The Balaban J connectivity index is 1.92. The lowest BCUT2D eigenvalue weighted by Gasteiger charge is -2.14. The SMILES string of the molecule is CCOCCOC(=NCCN1CCCC1)NC(=O)c1cccc(OC)c1. The lowest BCUT2D eigenvalue weighted by atomic mass is 10.2. The zero-order valence-electron chi connectivity index (χ0n) is 15.7.